The molecule has 0 unspecified atom stereocenters. The van der Waals surface area contributed by atoms with Crippen LogP contribution in [0, 0.1) is 5.92 Å². The summed E-state index contributed by atoms with van der Waals surface area (Å²) in [6.07, 6.45) is 6.36. The van der Waals surface area contributed by atoms with Gasteiger partial charge >= 0.3 is 12.1 Å². The average molecular weight is 618 g/mol. The lowest BCUT2D eigenvalue weighted by molar-refractivity contribution is -0.143. The summed E-state index contributed by atoms with van der Waals surface area (Å²) in [6, 6.07) is 16.8. The molecule has 0 saturated carbocycles. The third-order valence-electron chi connectivity index (χ3n) is 8.95. The van der Waals surface area contributed by atoms with Gasteiger partial charge in [0.1, 0.15) is 18.1 Å². The van der Waals surface area contributed by atoms with E-state index in [9.17, 15) is 19.8 Å². The lowest BCUT2D eigenvalue weighted by atomic mass is 9.84. The fourth-order valence-electron chi connectivity index (χ4n) is 6.28. The average Bonchev–Trinajstić information content (AvgIpc) is 3.19. The van der Waals surface area contributed by atoms with Crippen LogP contribution in [-0.4, -0.2) is 69.8 Å². The predicted molar refractivity (Wildman–Crippen MR) is 166 cm³/mol. The van der Waals surface area contributed by atoms with E-state index in [4.69, 9.17) is 21.1 Å². The maximum atomic E-state index is 12.9. The Kier molecular flexibility index (Phi) is 8.88. The minimum Gasteiger partial charge on any atom is -0.487 e. The molecule has 2 aromatic carbocycles. The highest BCUT2D eigenvalue weighted by Crippen LogP contribution is 2.39. The van der Waals surface area contributed by atoms with Crippen LogP contribution in [0.25, 0.3) is 5.57 Å². The van der Waals surface area contributed by atoms with Crippen LogP contribution < -0.4 is 9.47 Å². The van der Waals surface area contributed by atoms with E-state index < -0.39 is 23.6 Å². The summed E-state index contributed by atoms with van der Waals surface area (Å²) in [5.74, 6) is -0.168. The third kappa shape index (κ3) is 6.60. The number of hydrogen-bond donors (Lipinski definition) is 2. The van der Waals surface area contributed by atoms with Crippen molar-refractivity contribution in [3.8, 4) is 11.5 Å². The molecule has 6 rings (SSSR count). The van der Waals surface area contributed by atoms with Crippen molar-refractivity contribution in [3.05, 3.63) is 94.3 Å². The van der Waals surface area contributed by atoms with Crippen LogP contribution in [0.5, 0.6) is 11.5 Å². The number of aliphatic hydroxyl groups is 1. The van der Waals surface area contributed by atoms with Crippen LogP contribution in [0.15, 0.2) is 66.9 Å². The van der Waals surface area contributed by atoms with Crippen molar-refractivity contribution in [1.29, 1.82) is 0 Å². The molecular formula is C34H36ClN3O6. The number of hydrogen-bond acceptors (Lipinski definition) is 7. The van der Waals surface area contributed by atoms with Gasteiger partial charge in [-0.1, -0.05) is 35.9 Å². The van der Waals surface area contributed by atoms with Gasteiger partial charge in [0.2, 0.25) is 0 Å². The Morgan fingerprint density at radius 1 is 1.05 bits per heavy atom. The molecule has 0 aliphatic carbocycles. The first-order valence-electron chi connectivity index (χ1n) is 15.1. The number of nitrogens with zero attached hydrogens (tertiary/aromatic N) is 3. The highest BCUT2D eigenvalue weighted by Gasteiger charge is 2.34. The molecule has 2 N–H and O–H groups in total. The lowest BCUT2D eigenvalue weighted by Crippen LogP contribution is -2.42. The third-order valence-corrected chi connectivity index (χ3v) is 9.20. The molecular weight excluding hydrogens is 582 g/mol. The molecule has 1 aromatic heterocycles. The van der Waals surface area contributed by atoms with Crippen LogP contribution in [0.3, 0.4) is 0 Å². The Morgan fingerprint density at radius 3 is 2.52 bits per heavy atom. The number of amides is 1. The minimum atomic E-state index is -0.846. The van der Waals surface area contributed by atoms with Crippen molar-refractivity contribution < 1.29 is 29.3 Å². The Bertz CT molecular complexity index is 1540. The topological polar surface area (TPSA) is 112 Å². The van der Waals surface area contributed by atoms with E-state index in [0.717, 1.165) is 54.0 Å². The van der Waals surface area contributed by atoms with Crippen LogP contribution >= 0.6 is 11.6 Å². The van der Waals surface area contributed by atoms with Crippen molar-refractivity contribution in [2.75, 3.05) is 32.7 Å². The van der Waals surface area contributed by atoms with Crippen LogP contribution in [0.4, 0.5) is 4.79 Å². The van der Waals surface area contributed by atoms with Gasteiger partial charge < -0.3 is 29.5 Å². The second kappa shape index (κ2) is 13.0. The summed E-state index contributed by atoms with van der Waals surface area (Å²) in [4.78, 5) is 32.7. The zero-order valence-corrected chi connectivity index (χ0v) is 25.2. The zero-order valence-electron chi connectivity index (χ0n) is 24.5. The second-order valence-corrected chi connectivity index (χ2v) is 12.1. The smallest absolute Gasteiger partial charge is 0.415 e. The normalized spacial score (nSPS) is 19.4. The number of halogens is 1. The summed E-state index contributed by atoms with van der Waals surface area (Å²) in [5.41, 5.74) is 3.66. The van der Waals surface area contributed by atoms with Gasteiger partial charge in [0.05, 0.1) is 17.2 Å². The van der Waals surface area contributed by atoms with Gasteiger partial charge in [-0.25, -0.2) is 4.79 Å². The van der Waals surface area contributed by atoms with Gasteiger partial charge in [-0.3, -0.25) is 9.78 Å². The number of carboxylic acid groups (broad SMARTS) is 1. The van der Waals surface area contributed by atoms with E-state index in [2.05, 4.69) is 16.0 Å². The van der Waals surface area contributed by atoms with Crippen LogP contribution in [0.1, 0.15) is 54.5 Å². The Morgan fingerprint density at radius 2 is 1.80 bits per heavy atom. The van der Waals surface area contributed by atoms with Gasteiger partial charge in [0.25, 0.3) is 0 Å². The van der Waals surface area contributed by atoms with E-state index in [-0.39, 0.29) is 0 Å². The quantitative estimate of drug-likeness (QED) is 0.361. The molecule has 10 heteroatoms. The van der Waals surface area contributed by atoms with Gasteiger partial charge in [0.15, 0.2) is 0 Å². The molecule has 3 aliphatic rings. The monoisotopic (exact) mass is 617 g/mol. The number of carboxylic acids is 1. The van der Waals surface area contributed by atoms with Gasteiger partial charge in [-0.15, -0.1) is 0 Å². The summed E-state index contributed by atoms with van der Waals surface area (Å²) in [6.45, 7) is 3.41. The zero-order chi connectivity index (χ0) is 30.7. The fourth-order valence-corrected chi connectivity index (χ4v) is 6.41. The molecule has 0 atom stereocenters. The van der Waals surface area contributed by atoms with Crippen molar-refractivity contribution in [2.24, 2.45) is 5.92 Å². The minimum absolute atomic E-state index is 0.327. The van der Waals surface area contributed by atoms with Crippen molar-refractivity contribution in [1.82, 2.24) is 14.8 Å². The van der Waals surface area contributed by atoms with Gasteiger partial charge in [0, 0.05) is 55.1 Å². The standard InChI is InChI=1S/C34H36ClN3O6/c35-25-7-5-24(6-8-25)34(42)13-19-37(20-14-34)16-2-4-27-28-3-1-15-36-30(28)22-43-31-10-9-26(21-29(27)31)44-33(41)38-17-11-23(12-18-38)32(39)40/h1,3-10,15,21,23,42H,2,11-14,16-20,22H2,(H,39,40)/b27-4+. The predicted octanol–water partition coefficient (Wildman–Crippen LogP) is 5.73. The number of piperidine rings is 2. The molecule has 0 spiro atoms. The lowest BCUT2D eigenvalue weighted by Gasteiger charge is -2.38. The van der Waals surface area contributed by atoms with E-state index in [1.807, 2.05) is 48.5 Å². The number of rotatable bonds is 6. The van der Waals surface area contributed by atoms with E-state index in [1.54, 1.807) is 17.2 Å². The summed E-state index contributed by atoms with van der Waals surface area (Å²) >= 11 is 6.04. The molecule has 0 radical (unpaired) electrons. The van der Waals surface area contributed by atoms with E-state index >= 15 is 0 Å². The highest BCUT2D eigenvalue weighted by atomic mass is 35.5. The molecule has 2 saturated heterocycles. The molecule has 3 aliphatic heterocycles. The first-order chi connectivity index (χ1) is 21.3. The summed E-state index contributed by atoms with van der Waals surface area (Å²) < 4.78 is 11.9. The highest BCUT2D eigenvalue weighted by molar-refractivity contribution is 6.30. The van der Waals surface area contributed by atoms with Crippen LogP contribution in [-0.2, 0) is 17.0 Å². The van der Waals surface area contributed by atoms with E-state index in [0.29, 0.717) is 61.9 Å². The number of fused-ring (bicyclic) bond motifs is 2. The molecule has 44 heavy (non-hydrogen) atoms. The molecule has 9 nitrogen and oxygen atoms in total. The first-order valence-corrected chi connectivity index (χ1v) is 15.5. The maximum absolute atomic E-state index is 12.9. The largest absolute Gasteiger partial charge is 0.487 e. The number of ether oxygens (including phenoxy) is 2. The number of likely N-dealkylation sites (tertiary alicyclic amines) is 2. The summed E-state index contributed by atoms with van der Waals surface area (Å²) in [7, 11) is 0. The second-order valence-electron chi connectivity index (χ2n) is 11.7. The number of aliphatic carboxylic acids is 1. The maximum Gasteiger partial charge on any atom is 0.415 e. The Labute approximate surface area is 261 Å². The molecule has 0 bridgehead atoms. The molecule has 1 amide bonds. The molecule has 230 valence electrons. The SMILES string of the molecule is O=C(O)C1CCN(C(=O)Oc2ccc3c(c2)/C(=C/CCN2CCC(O)(c4ccc(Cl)cc4)CC2)c2cccnc2CO3)CC1. The van der Waals surface area contributed by atoms with Crippen molar-refractivity contribution in [3.63, 3.8) is 0 Å². The van der Waals surface area contributed by atoms with Gasteiger partial charge in [-0.2, -0.15) is 0 Å². The number of carbonyl (C=O) groups excluding carboxylic acids is 1. The van der Waals surface area contributed by atoms with Crippen molar-refractivity contribution in [2.45, 2.75) is 44.3 Å². The van der Waals surface area contributed by atoms with E-state index in [1.165, 1.54) is 0 Å². The van der Waals surface area contributed by atoms with Crippen LogP contribution in [0.2, 0.25) is 5.02 Å². The summed E-state index contributed by atoms with van der Waals surface area (Å²) in [5, 5.41) is 21.2. The Hall–Kier alpha value is -3.92. The Balaban J connectivity index is 1.16. The number of carbonyl (C=O) groups is 2. The number of pyridine rings is 1. The fraction of sp³-hybridized carbons (Fsp3) is 0.382. The van der Waals surface area contributed by atoms with Crippen molar-refractivity contribution >= 4 is 29.2 Å². The number of benzene rings is 2. The number of aromatic nitrogens is 1. The van der Waals surface area contributed by atoms with Gasteiger partial charge in [-0.05, 0) is 79.6 Å². The molecule has 3 aromatic rings. The molecule has 4 heterocycles. The first kappa shape index (κ1) is 30.1. The molecule has 2 fully saturated rings.